The molecule has 6 heteroatoms. The average Bonchev–Trinajstić information content (AvgIpc) is 3.08. The third kappa shape index (κ3) is 1.11. The lowest BCUT2D eigenvalue weighted by molar-refractivity contribution is -0.124. The van der Waals surface area contributed by atoms with Gasteiger partial charge in [-0.3, -0.25) is 19.3 Å². The molecule has 2 atom stereocenters. The molecule has 3 rings (SSSR count). The molecule has 0 radical (unpaired) electrons. The zero-order valence-corrected chi connectivity index (χ0v) is 9.84. The number of carbonyl (C=O) groups is 3. The van der Waals surface area contributed by atoms with Crippen molar-refractivity contribution in [3.63, 3.8) is 0 Å². The summed E-state index contributed by atoms with van der Waals surface area (Å²) in [4.78, 5) is 42.7. The van der Waals surface area contributed by atoms with Crippen molar-refractivity contribution < 1.29 is 19.2 Å². The van der Waals surface area contributed by atoms with Crippen LogP contribution < -0.4 is 0 Å². The molecule has 0 aliphatic carbocycles. The van der Waals surface area contributed by atoms with Crippen molar-refractivity contribution in [3.8, 4) is 0 Å². The van der Waals surface area contributed by atoms with Crippen LogP contribution in [0.2, 0.25) is 0 Å². The number of amides is 1. The van der Waals surface area contributed by atoms with Gasteiger partial charge in [0.25, 0.3) is 11.7 Å². The fourth-order valence-corrected chi connectivity index (χ4v) is 2.24. The second-order valence-electron chi connectivity index (χ2n) is 4.26. The molecule has 1 spiro atoms. The van der Waals surface area contributed by atoms with Gasteiger partial charge in [0.2, 0.25) is 5.78 Å². The number of Topliss-reactive ketones (excluding diaryl/α,β-unsaturated/α-hetero) is 2. The first-order chi connectivity index (χ1) is 8.50. The molecule has 0 N–H and O–H groups in total. The minimum Gasteiger partial charge on any atom is -0.291 e. The third-order valence-corrected chi connectivity index (χ3v) is 3.32. The van der Waals surface area contributed by atoms with Crippen LogP contribution in [0.4, 0.5) is 0 Å². The van der Waals surface area contributed by atoms with Crippen molar-refractivity contribution in [2.75, 3.05) is 14.1 Å². The highest BCUT2D eigenvalue weighted by molar-refractivity contribution is 6.48. The number of hydrogen-bond donors (Lipinski definition) is 0. The van der Waals surface area contributed by atoms with Gasteiger partial charge < -0.3 is 0 Å². The van der Waals surface area contributed by atoms with Crippen LogP contribution in [0.25, 0.3) is 0 Å². The van der Waals surface area contributed by atoms with E-state index in [0.717, 1.165) is 4.90 Å². The second-order valence-corrected chi connectivity index (χ2v) is 4.26. The van der Waals surface area contributed by atoms with E-state index in [9.17, 15) is 14.4 Å². The number of hydrogen-bond acceptors (Lipinski definition) is 5. The Morgan fingerprint density at radius 1 is 1.06 bits per heavy atom. The van der Waals surface area contributed by atoms with Crippen LogP contribution in [0.15, 0.2) is 24.3 Å². The lowest BCUT2D eigenvalue weighted by atomic mass is 10.0. The van der Waals surface area contributed by atoms with Gasteiger partial charge in [-0.1, -0.05) is 18.2 Å². The number of hydroxylamine groups is 2. The SMILES string of the molecule is CN1OC12C(=O)C(=O)c1ccccc1C(=O)N2C. The van der Waals surface area contributed by atoms with Crippen LogP contribution in [-0.2, 0) is 9.63 Å². The van der Waals surface area contributed by atoms with E-state index in [1.165, 1.54) is 31.3 Å². The molecule has 6 nitrogen and oxygen atoms in total. The van der Waals surface area contributed by atoms with Crippen LogP contribution >= 0.6 is 0 Å². The third-order valence-electron chi connectivity index (χ3n) is 3.32. The lowest BCUT2D eigenvalue weighted by Gasteiger charge is -2.19. The number of likely N-dealkylation sites (N-methyl/N-ethyl adjacent to an activating group) is 2. The molecule has 18 heavy (non-hydrogen) atoms. The molecule has 1 aromatic carbocycles. The minimum atomic E-state index is -1.56. The molecule has 1 amide bonds. The molecule has 2 aliphatic rings. The average molecular weight is 246 g/mol. The Morgan fingerprint density at radius 3 is 2.17 bits per heavy atom. The van der Waals surface area contributed by atoms with Crippen LogP contribution in [-0.4, -0.2) is 47.4 Å². The molecule has 0 aromatic heterocycles. The van der Waals surface area contributed by atoms with Crippen molar-refractivity contribution in [3.05, 3.63) is 35.4 Å². The topological polar surface area (TPSA) is 70.0 Å². The maximum atomic E-state index is 12.2. The molecule has 0 bridgehead atoms. The van der Waals surface area contributed by atoms with E-state index in [2.05, 4.69) is 0 Å². The Hall–Kier alpha value is -2.05. The van der Waals surface area contributed by atoms with Crippen molar-refractivity contribution in [2.45, 2.75) is 5.85 Å². The zero-order chi connectivity index (χ0) is 13.1. The van der Waals surface area contributed by atoms with Gasteiger partial charge >= 0.3 is 5.85 Å². The number of ketones is 2. The van der Waals surface area contributed by atoms with E-state index in [-0.39, 0.29) is 11.1 Å². The summed E-state index contributed by atoms with van der Waals surface area (Å²) in [5, 5.41) is 1.21. The van der Waals surface area contributed by atoms with Crippen molar-refractivity contribution in [1.82, 2.24) is 9.96 Å². The molecule has 1 aromatic rings. The highest BCUT2D eigenvalue weighted by Gasteiger charge is 2.67. The first-order valence-corrected chi connectivity index (χ1v) is 5.39. The molecular weight excluding hydrogens is 236 g/mol. The molecule has 2 heterocycles. The summed E-state index contributed by atoms with van der Waals surface area (Å²) < 4.78 is 0. The van der Waals surface area contributed by atoms with E-state index in [1.54, 1.807) is 12.1 Å². The Balaban J connectivity index is 2.23. The van der Waals surface area contributed by atoms with E-state index < -0.39 is 23.3 Å². The summed E-state index contributed by atoms with van der Waals surface area (Å²) in [6, 6.07) is 6.27. The number of fused-ring (bicyclic) bond motifs is 1. The first-order valence-electron chi connectivity index (χ1n) is 5.39. The second kappa shape index (κ2) is 3.24. The highest BCUT2D eigenvalue weighted by atomic mass is 16.9. The van der Waals surface area contributed by atoms with Gasteiger partial charge in [-0.05, 0) is 6.07 Å². The van der Waals surface area contributed by atoms with Gasteiger partial charge in [-0.15, -0.1) is 5.06 Å². The maximum Gasteiger partial charge on any atom is 0.311 e. The number of nitrogens with zero attached hydrogens (tertiary/aromatic N) is 2. The fourth-order valence-electron chi connectivity index (χ4n) is 2.24. The number of benzene rings is 1. The molecule has 2 unspecified atom stereocenters. The molecule has 1 fully saturated rings. The molecule has 2 aliphatic heterocycles. The Labute approximate surface area is 103 Å². The molecular formula is C12H10N2O4. The number of carbonyl (C=O) groups excluding carboxylic acids is 3. The number of rotatable bonds is 0. The van der Waals surface area contributed by atoms with Crippen LogP contribution in [0.3, 0.4) is 0 Å². The predicted molar refractivity (Wildman–Crippen MR) is 59.5 cm³/mol. The van der Waals surface area contributed by atoms with E-state index in [4.69, 9.17) is 4.84 Å². The summed E-state index contributed by atoms with van der Waals surface area (Å²) in [6.07, 6.45) is 0. The predicted octanol–water partition coefficient (Wildman–Crippen LogP) is 0.0548. The summed E-state index contributed by atoms with van der Waals surface area (Å²) in [5.41, 5.74) is 0.347. The Morgan fingerprint density at radius 2 is 1.61 bits per heavy atom. The summed E-state index contributed by atoms with van der Waals surface area (Å²) in [7, 11) is 2.95. The summed E-state index contributed by atoms with van der Waals surface area (Å²) >= 11 is 0. The van der Waals surface area contributed by atoms with Gasteiger partial charge in [0.1, 0.15) is 0 Å². The Bertz CT molecular complexity index is 597. The zero-order valence-electron chi connectivity index (χ0n) is 9.84. The van der Waals surface area contributed by atoms with Gasteiger partial charge in [-0.25, -0.2) is 4.84 Å². The van der Waals surface area contributed by atoms with Crippen LogP contribution in [0.1, 0.15) is 20.7 Å². The maximum absolute atomic E-state index is 12.2. The van der Waals surface area contributed by atoms with Gasteiger partial charge in [-0.2, -0.15) is 0 Å². The molecule has 1 saturated heterocycles. The fraction of sp³-hybridized carbons (Fsp3) is 0.250. The summed E-state index contributed by atoms with van der Waals surface area (Å²) in [6.45, 7) is 0. The van der Waals surface area contributed by atoms with Gasteiger partial charge in [0.05, 0.1) is 5.56 Å². The normalized spacial score (nSPS) is 30.4. The van der Waals surface area contributed by atoms with Gasteiger partial charge in [0.15, 0.2) is 0 Å². The standard InChI is InChI=1S/C12H10N2O4/c1-13-11(17)8-6-4-3-5-7(8)9(15)10(16)12(13)14(2)18-12/h3-6H,1-2H3. The molecule has 0 saturated carbocycles. The highest BCUT2D eigenvalue weighted by Crippen LogP contribution is 2.40. The van der Waals surface area contributed by atoms with E-state index in [1.807, 2.05) is 0 Å². The first kappa shape index (κ1) is 11.1. The van der Waals surface area contributed by atoms with Crippen molar-refractivity contribution in [1.29, 1.82) is 0 Å². The van der Waals surface area contributed by atoms with Crippen LogP contribution in [0, 0.1) is 0 Å². The summed E-state index contributed by atoms with van der Waals surface area (Å²) in [5.74, 6) is -3.42. The van der Waals surface area contributed by atoms with E-state index in [0.29, 0.717) is 0 Å². The molecule has 92 valence electrons. The monoisotopic (exact) mass is 246 g/mol. The Kier molecular flexibility index (Phi) is 1.99. The lowest BCUT2D eigenvalue weighted by Crippen LogP contribution is -2.48. The minimum absolute atomic E-state index is 0.125. The smallest absolute Gasteiger partial charge is 0.291 e. The van der Waals surface area contributed by atoms with Crippen molar-refractivity contribution in [2.24, 2.45) is 0 Å². The van der Waals surface area contributed by atoms with Crippen molar-refractivity contribution >= 4 is 17.5 Å². The van der Waals surface area contributed by atoms with E-state index >= 15 is 0 Å². The van der Waals surface area contributed by atoms with Crippen LogP contribution in [0.5, 0.6) is 0 Å². The largest absolute Gasteiger partial charge is 0.311 e. The van der Waals surface area contributed by atoms with Gasteiger partial charge in [0, 0.05) is 19.7 Å². The quantitative estimate of drug-likeness (QED) is 0.478.